The van der Waals surface area contributed by atoms with E-state index in [4.69, 9.17) is 0 Å². The van der Waals surface area contributed by atoms with E-state index < -0.39 is 0 Å². The van der Waals surface area contributed by atoms with E-state index in [-0.39, 0.29) is 13.2 Å². The van der Waals surface area contributed by atoms with Gasteiger partial charge in [0.1, 0.15) is 0 Å². The number of hydrogen-bond donors (Lipinski definition) is 2. The van der Waals surface area contributed by atoms with Crippen LogP contribution in [0.2, 0.25) is 0 Å². The highest BCUT2D eigenvalue weighted by atomic mass is 32.2. The Balaban J connectivity index is 1.79. The van der Waals surface area contributed by atoms with Crippen molar-refractivity contribution >= 4 is 47.0 Å². The molecule has 0 bridgehead atoms. The summed E-state index contributed by atoms with van der Waals surface area (Å²) >= 11 is 7.66. The van der Waals surface area contributed by atoms with Crippen LogP contribution in [0.5, 0.6) is 0 Å². The lowest BCUT2D eigenvalue weighted by Gasteiger charge is -2.18. The maximum absolute atomic E-state index is 9.31. The molecule has 4 unspecified atom stereocenters. The highest BCUT2D eigenvalue weighted by Crippen LogP contribution is 2.55. The van der Waals surface area contributed by atoms with Crippen molar-refractivity contribution < 1.29 is 10.2 Å². The molecule has 2 aliphatic heterocycles. The van der Waals surface area contributed by atoms with Gasteiger partial charge in [0.2, 0.25) is 0 Å². The minimum Gasteiger partial charge on any atom is -0.395 e. The van der Waals surface area contributed by atoms with Gasteiger partial charge in [-0.15, -0.1) is 47.0 Å². The van der Waals surface area contributed by atoms with Crippen LogP contribution < -0.4 is 0 Å². The van der Waals surface area contributed by atoms with Gasteiger partial charge in [0.25, 0.3) is 0 Å². The first-order chi connectivity index (χ1) is 9.81. The molecule has 2 aliphatic rings. The lowest BCUT2D eigenvalue weighted by molar-refractivity contribution is 0.301. The Labute approximate surface area is 136 Å². The van der Waals surface area contributed by atoms with Gasteiger partial charge in [-0.2, -0.15) is 0 Å². The summed E-state index contributed by atoms with van der Waals surface area (Å²) in [5.41, 5.74) is 2.81. The normalized spacial score (nSPS) is 33.7. The van der Waals surface area contributed by atoms with Gasteiger partial charge >= 0.3 is 0 Å². The molecule has 4 atom stereocenters. The van der Waals surface area contributed by atoms with Crippen LogP contribution in [0.4, 0.5) is 0 Å². The molecular formula is C14H18O2S4. The molecule has 2 fully saturated rings. The van der Waals surface area contributed by atoms with Crippen molar-refractivity contribution in [1.82, 2.24) is 0 Å². The zero-order chi connectivity index (χ0) is 13.9. The third kappa shape index (κ3) is 3.31. The van der Waals surface area contributed by atoms with Gasteiger partial charge in [-0.3, -0.25) is 0 Å². The van der Waals surface area contributed by atoms with Crippen LogP contribution in [0, 0.1) is 0 Å². The first-order valence-electron chi connectivity index (χ1n) is 6.66. The highest BCUT2D eigenvalue weighted by molar-refractivity contribution is 8.20. The zero-order valence-corrected chi connectivity index (χ0v) is 14.2. The van der Waals surface area contributed by atoms with Crippen LogP contribution in [-0.4, -0.2) is 45.4 Å². The van der Waals surface area contributed by atoms with Crippen LogP contribution >= 0.6 is 47.0 Å². The maximum atomic E-state index is 9.31. The van der Waals surface area contributed by atoms with Crippen molar-refractivity contribution in [2.24, 2.45) is 0 Å². The summed E-state index contributed by atoms with van der Waals surface area (Å²) in [5.74, 6) is 2.06. The Hall–Kier alpha value is 0.540. The van der Waals surface area contributed by atoms with E-state index in [2.05, 4.69) is 24.3 Å². The Morgan fingerprint density at radius 2 is 1.30 bits per heavy atom. The molecule has 2 heterocycles. The molecule has 1 aromatic rings. The molecule has 0 amide bonds. The van der Waals surface area contributed by atoms with E-state index in [1.165, 1.54) is 11.1 Å². The fraction of sp³-hybridized carbons (Fsp3) is 0.571. The number of aliphatic hydroxyl groups is 2. The summed E-state index contributed by atoms with van der Waals surface area (Å²) in [4.78, 5) is 0. The summed E-state index contributed by atoms with van der Waals surface area (Å²) in [6.45, 7) is 0.547. The minimum absolute atomic E-state index is 0.274. The molecule has 0 aliphatic carbocycles. The molecular weight excluding hydrogens is 328 g/mol. The summed E-state index contributed by atoms with van der Waals surface area (Å²) in [7, 11) is 0. The first kappa shape index (κ1) is 15.4. The zero-order valence-electron chi connectivity index (χ0n) is 11.0. The van der Waals surface area contributed by atoms with Crippen molar-refractivity contribution in [3.63, 3.8) is 0 Å². The fourth-order valence-corrected chi connectivity index (χ4v) is 8.87. The van der Waals surface area contributed by atoms with Gasteiger partial charge < -0.3 is 10.2 Å². The Morgan fingerprint density at radius 1 is 0.850 bits per heavy atom. The summed E-state index contributed by atoms with van der Waals surface area (Å²) in [5, 5.41) is 19.4. The Kier molecular flexibility index (Phi) is 5.56. The number of thioether (sulfide) groups is 4. The van der Waals surface area contributed by atoms with Crippen molar-refractivity contribution in [3.05, 3.63) is 35.4 Å². The average molecular weight is 347 g/mol. The van der Waals surface area contributed by atoms with E-state index in [0.29, 0.717) is 19.7 Å². The lowest BCUT2D eigenvalue weighted by atomic mass is 10.1. The van der Waals surface area contributed by atoms with Crippen LogP contribution in [0.15, 0.2) is 24.3 Å². The van der Waals surface area contributed by atoms with Gasteiger partial charge in [0.15, 0.2) is 0 Å². The van der Waals surface area contributed by atoms with Crippen molar-refractivity contribution in [2.75, 3.05) is 24.7 Å². The van der Waals surface area contributed by atoms with Gasteiger partial charge in [-0.25, -0.2) is 0 Å². The number of rotatable bonds is 4. The van der Waals surface area contributed by atoms with E-state index in [9.17, 15) is 10.2 Å². The molecule has 2 N–H and O–H groups in total. The second-order valence-corrected chi connectivity index (χ2v) is 10.5. The second-order valence-electron chi connectivity index (χ2n) is 4.84. The van der Waals surface area contributed by atoms with Crippen LogP contribution in [0.1, 0.15) is 20.3 Å². The lowest BCUT2D eigenvalue weighted by Crippen LogP contribution is -2.06. The van der Waals surface area contributed by atoms with Crippen molar-refractivity contribution in [2.45, 2.75) is 19.7 Å². The standard InChI is InChI=1S/C14H18O2S4/c15-5-9-7-17-13(19-9)11-3-1-2-4-12(11)14-18-8-10(6-16)20-14/h1-4,9-10,13-16H,5-8H2. The molecule has 1 aromatic carbocycles. The molecule has 0 spiro atoms. The van der Waals surface area contributed by atoms with Crippen molar-refractivity contribution in [1.29, 1.82) is 0 Å². The second kappa shape index (κ2) is 7.20. The molecule has 0 saturated carbocycles. The Morgan fingerprint density at radius 3 is 1.65 bits per heavy atom. The predicted octanol–water partition coefficient (Wildman–Crippen LogP) is 3.37. The maximum Gasteiger partial charge on any atom is 0.0759 e. The molecule has 0 aromatic heterocycles. The van der Waals surface area contributed by atoms with Gasteiger partial charge in [0.05, 0.1) is 22.4 Å². The van der Waals surface area contributed by atoms with Crippen LogP contribution in [0.25, 0.3) is 0 Å². The van der Waals surface area contributed by atoms with Gasteiger partial charge in [0, 0.05) is 22.0 Å². The molecule has 110 valence electrons. The third-order valence-electron chi connectivity index (χ3n) is 3.41. The smallest absolute Gasteiger partial charge is 0.0759 e. The molecule has 0 radical (unpaired) electrons. The Bertz CT molecular complexity index is 416. The average Bonchev–Trinajstić information content (AvgIpc) is 3.16. The van der Waals surface area contributed by atoms with Crippen LogP contribution in [0.3, 0.4) is 0 Å². The predicted molar refractivity (Wildman–Crippen MR) is 93.8 cm³/mol. The number of hydrogen-bond acceptors (Lipinski definition) is 6. The minimum atomic E-state index is 0.274. The fourth-order valence-electron chi connectivity index (χ4n) is 2.35. The number of aliphatic hydroxyl groups excluding tert-OH is 2. The molecule has 2 saturated heterocycles. The monoisotopic (exact) mass is 346 g/mol. The van der Waals surface area contributed by atoms with E-state index >= 15 is 0 Å². The quantitative estimate of drug-likeness (QED) is 0.871. The largest absolute Gasteiger partial charge is 0.395 e. The van der Waals surface area contributed by atoms with Crippen LogP contribution in [-0.2, 0) is 0 Å². The SMILES string of the molecule is OCC1CSC(c2ccccc2C2SCC(CO)S2)S1. The topological polar surface area (TPSA) is 40.5 Å². The third-order valence-corrected chi connectivity index (χ3v) is 10.0. The van der Waals surface area contributed by atoms with E-state index in [1.807, 2.05) is 47.0 Å². The van der Waals surface area contributed by atoms with E-state index in [1.54, 1.807) is 0 Å². The van der Waals surface area contributed by atoms with E-state index in [0.717, 1.165) is 11.5 Å². The highest BCUT2D eigenvalue weighted by Gasteiger charge is 2.33. The molecule has 2 nitrogen and oxygen atoms in total. The number of benzene rings is 1. The van der Waals surface area contributed by atoms with Crippen molar-refractivity contribution in [3.8, 4) is 0 Å². The first-order valence-corrected chi connectivity index (χ1v) is 10.6. The molecule has 6 heteroatoms. The summed E-state index contributed by atoms with van der Waals surface area (Å²) in [6.07, 6.45) is 0. The molecule has 20 heavy (non-hydrogen) atoms. The van der Waals surface area contributed by atoms with Gasteiger partial charge in [-0.05, 0) is 11.1 Å². The molecule has 3 rings (SSSR count). The summed E-state index contributed by atoms with van der Waals surface area (Å²) < 4.78 is 0.885. The van der Waals surface area contributed by atoms with Gasteiger partial charge in [-0.1, -0.05) is 24.3 Å². The summed E-state index contributed by atoms with van der Waals surface area (Å²) in [6, 6.07) is 8.68.